The highest BCUT2D eigenvalue weighted by atomic mass is 32.2. The molecule has 0 radical (unpaired) electrons. The average molecular weight is 311 g/mol. The SMILES string of the molecule is C=CCC1N(C(=O)CC2C=CS(=O)(=O)C2)CCCC1(C)C. The summed E-state index contributed by atoms with van der Waals surface area (Å²) in [6.45, 7) is 8.97. The fourth-order valence-corrected chi connectivity index (χ4v) is 4.86. The van der Waals surface area contributed by atoms with Crippen LogP contribution >= 0.6 is 0 Å². The van der Waals surface area contributed by atoms with E-state index in [1.54, 1.807) is 6.08 Å². The van der Waals surface area contributed by atoms with Crippen molar-refractivity contribution in [1.29, 1.82) is 0 Å². The number of sulfone groups is 1. The van der Waals surface area contributed by atoms with Crippen molar-refractivity contribution in [2.45, 2.75) is 45.6 Å². The molecular weight excluding hydrogens is 286 g/mol. The number of nitrogens with zero attached hydrogens (tertiary/aromatic N) is 1. The summed E-state index contributed by atoms with van der Waals surface area (Å²) in [6, 6.07) is 0.165. The molecule has 1 fully saturated rings. The van der Waals surface area contributed by atoms with Crippen LogP contribution in [0.3, 0.4) is 0 Å². The summed E-state index contributed by atoms with van der Waals surface area (Å²) in [5.74, 6) is -0.0273. The summed E-state index contributed by atoms with van der Waals surface area (Å²) in [4.78, 5) is 14.5. The fourth-order valence-electron chi connectivity index (χ4n) is 3.46. The van der Waals surface area contributed by atoms with Crippen molar-refractivity contribution in [2.75, 3.05) is 12.3 Å². The maximum absolute atomic E-state index is 12.6. The molecule has 0 spiro atoms. The van der Waals surface area contributed by atoms with Gasteiger partial charge in [-0.1, -0.05) is 26.0 Å². The third kappa shape index (κ3) is 3.76. The Bertz CT molecular complexity index is 548. The lowest BCUT2D eigenvalue weighted by Gasteiger charge is -2.46. The largest absolute Gasteiger partial charge is 0.339 e. The van der Waals surface area contributed by atoms with E-state index in [9.17, 15) is 13.2 Å². The van der Waals surface area contributed by atoms with Gasteiger partial charge in [-0.15, -0.1) is 6.58 Å². The maximum Gasteiger partial charge on any atom is 0.223 e. The number of amides is 1. The van der Waals surface area contributed by atoms with E-state index in [2.05, 4.69) is 20.4 Å². The van der Waals surface area contributed by atoms with Crippen LogP contribution in [0.25, 0.3) is 0 Å². The first-order valence-electron chi connectivity index (χ1n) is 7.56. The Hall–Kier alpha value is -1.10. The van der Waals surface area contributed by atoms with Crippen molar-refractivity contribution in [3.05, 3.63) is 24.1 Å². The van der Waals surface area contributed by atoms with Gasteiger partial charge in [0.05, 0.1) is 5.75 Å². The van der Waals surface area contributed by atoms with Gasteiger partial charge >= 0.3 is 0 Å². The first kappa shape index (κ1) is 16.3. The van der Waals surface area contributed by atoms with Crippen LogP contribution in [0.15, 0.2) is 24.1 Å². The van der Waals surface area contributed by atoms with E-state index in [1.165, 1.54) is 5.41 Å². The number of likely N-dealkylation sites (tertiary alicyclic amines) is 1. The van der Waals surface area contributed by atoms with Gasteiger partial charge in [-0.05, 0) is 24.7 Å². The third-order valence-electron chi connectivity index (χ3n) is 4.65. The Morgan fingerprint density at radius 2 is 2.19 bits per heavy atom. The number of carbonyl (C=O) groups excluding carboxylic acids is 1. The van der Waals surface area contributed by atoms with E-state index in [-0.39, 0.29) is 29.0 Å². The molecule has 2 atom stereocenters. The van der Waals surface area contributed by atoms with Crippen LogP contribution in [0, 0.1) is 11.3 Å². The molecule has 0 aromatic rings. The predicted molar refractivity (Wildman–Crippen MR) is 84.4 cm³/mol. The van der Waals surface area contributed by atoms with Crippen LogP contribution in [0.5, 0.6) is 0 Å². The summed E-state index contributed by atoms with van der Waals surface area (Å²) in [5, 5.41) is 1.24. The van der Waals surface area contributed by atoms with Crippen molar-refractivity contribution >= 4 is 15.7 Å². The topological polar surface area (TPSA) is 54.5 Å². The molecule has 0 N–H and O–H groups in total. The average Bonchev–Trinajstić information content (AvgIpc) is 2.71. The van der Waals surface area contributed by atoms with Crippen molar-refractivity contribution in [2.24, 2.45) is 11.3 Å². The molecular formula is C16H25NO3S. The molecule has 0 aromatic carbocycles. The number of hydrogen-bond donors (Lipinski definition) is 0. The Morgan fingerprint density at radius 1 is 1.48 bits per heavy atom. The third-order valence-corrected chi connectivity index (χ3v) is 6.11. The van der Waals surface area contributed by atoms with Crippen molar-refractivity contribution < 1.29 is 13.2 Å². The van der Waals surface area contributed by atoms with Crippen LogP contribution < -0.4 is 0 Å². The van der Waals surface area contributed by atoms with Gasteiger partial charge in [-0.25, -0.2) is 8.42 Å². The molecule has 2 rings (SSSR count). The van der Waals surface area contributed by atoms with Crippen molar-refractivity contribution in [3.63, 3.8) is 0 Å². The second-order valence-corrected chi connectivity index (χ2v) is 8.77. The zero-order valence-electron chi connectivity index (χ0n) is 12.9. The van der Waals surface area contributed by atoms with E-state index in [0.717, 1.165) is 25.8 Å². The molecule has 2 aliphatic rings. The standard InChI is InChI=1S/C16H25NO3S/c1-4-6-14-16(2,3)8-5-9-17(14)15(18)11-13-7-10-21(19,20)12-13/h4,7,10,13-14H,1,5-6,8-9,11-12H2,2-3H3. The minimum atomic E-state index is -3.09. The first-order chi connectivity index (χ1) is 9.75. The summed E-state index contributed by atoms with van der Waals surface area (Å²) in [5.41, 5.74) is 0.0830. The minimum Gasteiger partial charge on any atom is -0.339 e. The van der Waals surface area contributed by atoms with Crippen LogP contribution in [-0.4, -0.2) is 37.6 Å². The highest BCUT2D eigenvalue weighted by molar-refractivity contribution is 7.94. The number of allylic oxidation sites excluding steroid dienone is 1. The van der Waals surface area contributed by atoms with E-state index in [4.69, 9.17) is 0 Å². The molecule has 0 aromatic heterocycles. The van der Waals surface area contributed by atoms with Crippen LogP contribution in [0.1, 0.15) is 39.5 Å². The van der Waals surface area contributed by atoms with E-state index in [0.29, 0.717) is 6.42 Å². The summed E-state index contributed by atoms with van der Waals surface area (Å²) in [7, 11) is -3.09. The normalized spacial score (nSPS) is 30.3. The number of hydrogen-bond acceptors (Lipinski definition) is 3. The summed E-state index contributed by atoms with van der Waals surface area (Å²) in [6.07, 6.45) is 6.72. The summed E-state index contributed by atoms with van der Waals surface area (Å²) >= 11 is 0. The Kier molecular flexibility index (Phi) is 4.61. The van der Waals surface area contributed by atoms with Gasteiger partial charge in [0.15, 0.2) is 9.84 Å². The molecule has 2 aliphatic heterocycles. The Balaban J connectivity index is 2.06. The predicted octanol–water partition coefficient (Wildman–Crippen LogP) is 2.53. The van der Waals surface area contributed by atoms with Gasteiger partial charge in [0.25, 0.3) is 0 Å². The molecule has 4 nitrogen and oxygen atoms in total. The smallest absolute Gasteiger partial charge is 0.223 e. The van der Waals surface area contributed by atoms with E-state index < -0.39 is 9.84 Å². The lowest BCUT2D eigenvalue weighted by Crippen LogP contribution is -2.52. The highest BCUT2D eigenvalue weighted by Gasteiger charge is 2.39. The van der Waals surface area contributed by atoms with Crippen molar-refractivity contribution in [1.82, 2.24) is 4.90 Å². The highest BCUT2D eigenvalue weighted by Crippen LogP contribution is 2.37. The molecule has 21 heavy (non-hydrogen) atoms. The van der Waals surface area contributed by atoms with Gasteiger partial charge in [0.1, 0.15) is 0 Å². The van der Waals surface area contributed by atoms with Gasteiger partial charge in [0, 0.05) is 30.3 Å². The zero-order chi connectivity index (χ0) is 15.7. The molecule has 2 unspecified atom stereocenters. The van der Waals surface area contributed by atoms with E-state index in [1.807, 2.05) is 11.0 Å². The molecule has 2 heterocycles. The second kappa shape index (κ2) is 5.95. The van der Waals surface area contributed by atoms with E-state index >= 15 is 0 Å². The quantitative estimate of drug-likeness (QED) is 0.750. The van der Waals surface area contributed by atoms with Gasteiger partial charge in [-0.3, -0.25) is 4.79 Å². The number of carbonyl (C=O) groups is 1. The van der Waals surface area contributed by atoms with Crippen LogP contribution in [0.4, 0.5) is 0 Å². The zero-order valence-corrected chi connectivity index (χ0v) is 13.7. The van der Waals surface area contributed by atoms with Crippen LogP contribution in [0.2, 0.25) is 0 Å². The molecule has 1 amide bonds. The first-order valence-corrected chi connectivity index (χ1v) is 9.28. The second-order valence-electron chi connectivity index (χ2n) is 6.84. The number of piperidine rings is 1. The molecule has 0 aliphatic carbocycles. The Morgan fingerprint density at radius 3 is 2.76 bits per heavy atom. The van der Waals surface area contributed by atoms with Gasteiger partial charge in [0.2, 0.25) is 5.91 Å². The van der Waals surface area contributed by atoms with Gasteiger partial charge in [-0.2, -0.15) is 0 Å². The molecule has 0 saturated carbocycles. The fraction of sp³-hybridized carbons (Fsp3) is 0.688. The molecule has 5 heteroatoms. The molecule has 1 saturated heterocycles. The molecule has 118 valence electrons. The monoisotopic (exact) mass is 311 g/mol. The molecule has 0 bridgehead atoms. The van der Waals surface area contributed by atoms with Gasteiger partial charge < -0.3 is 4.90 Å². The number of rotatable bonds is 4. The van der Waals surface area contributed by atoms with Crippen molar-refractivity contribution in [3.8, 4) is 0 Å². The lowest BCUT2D eigenvalue weighted by atomic mass is 9.75. The lowest BCUT2D eigenvalue weighted by molar-refractivity contribution is -0.139. The van der Waals surface area contributed by atoms with Crippen LogP contribution in [-0.2, 0) is 14.6 Å². The Labute approximate surface area is 127 Å². The maximum atomic E-state index is 12.6. The summed E-state index contributed by atoms with van der Waals surface area (Å²) < 4.78 is 22.9. The minimum absolute atomic E-state index is 0.0707.